The molecule has 0 amide bonds. The van der Waals surface area contributed by atoms with Crippen molar-refractivity contribution in [3.8, 4) is 5.75 Å². The van der Waals surface area contributed by atoms with Crippen molar-refractivity contribution in [2.45, 2.75) is 6.54 Å². The first-order valence-electron chi connectivity index (χ1n) is 9.16. The fraction of sp³-hybridized carbons (Fsp3) is 0.0870. The lowest BCUT2D eigenvalue weighted by molar-refractivity contribution is -0.719. The fourth-order valence-electron chi connectivity index (χ4n) is 3.10. The van der Waals surface area contributed by atoms with Crippen LogP contribution in [0, 0.1) is 0 Å². The Bertz CT molecular complexity index is 1180. The number of hydrogen-bond acceptors (Lipinski definition) is 4. The van der Waals surface area contributed by atoms with Crippen LogP contribution in [0.25, 0.3) is 23.0 Å². The molecule has 0 spiro atoms. The number of para-hydroxylation sites is 2. The third-order valence-electron chi connectivity index (χ3n) is 4.63. The van der Waals surface area contributed by atoms with Gasteiger partial charge < -0.3 is 9.84 Å². The molecule has 0 atom stereocenters. The first-order valence-corrected chi connectivity index (χ1v) is 9.16. The van der Waals surface area contributed by atoms with Gasteiger partial charge in [-0.3, -0.25) is 4.79 Å². The van der Waals surface area contributed by atoms with Gasteiger partial charge in [0.1, 0.15) is 5.75 Å². The fourth-order valence-corrected chi connectivity index (χ4v) is 3.10. The predicted molar refractivity (Wildman–Crippen MR) is 110 cm³/mol. The van der Waals surface area contributed by atoms with Gasteiger partial charge in [-0.25, -0.2) is 0 Å². The minimum Gasteiger partial charge on any atom is -0.504 e. The lowest BCUT2D eigenvalue weighted by atomic mass is 10.1. The number of rotatable bonds is 6. The van der Waals surface area contributed by atoms with Crippen molar-refractivity contribution in [1.82, 2.24) is 9.90 Å². The van der Waals surface area contributed by atoms with Crippen molar-refractivity contribution >= 4 is 28.8 Å². The van der Waals surface area contributed by atoms with E-state index < -0.39 is 0 Å². The minimum atomic E-state index is -0.0654. The van der Waals surface area contributed by atoms with Gasteiger partial charge in [0.25, 0.3) is 0 Å². The molecule has 6 heteroatoms. The molecular formula is C23H20N3O3+. The van der Waals surface area contributed by atoms with Gasteiger partial charge in [0.05, 0.1) is 12.3 Å². The molecule has 0 bridgehead atoms. The number of nitrogens with zero attached hydrogens (tertiary/aromatic N) is 3. The normalized spacial score (nSPS) is 11.6. The first kappa shape index (κ1) is 18.4. The molecule has 1 heterocycles. The van der Waals surface area contributed by atoms with Crippen molar-refractivity contribution in [3.63, 3.8) is 0 Å². The summed E-state index contributed by atoms with van der Waals surface area (Å²) in [6, 6.07) is 23.8. The van der Waals surface area contributed by atoms with Crippen LogP contribution < -0.4 is 9.42 Å². The zero-order chi connectivity index (χ0) is 20.2. The van der Waals surface area contributed by atoms with E-state index in [0.29, 0.717) is 16.9 Å². The van der Waals surface area contributed by atoms with Crippen molar-refractivity contribution in [2.24, 2.45) is 0 Å². The number of carbonyl (C=O) groups is 1. The summed E-state index contributed by atoms with van der Waals surface area (Å²) in [5.41, 5.74) is 2.86. The molecule has 0 saturated heterocycles. The number of Topliss-reactive ketones (excluding diaryl/α,β-unsaturated/α-hetero) is 1. The lowest BCUT2D eigenvalue weighted by Crippen LogP contribution is -2.40. The van der Waals surface area contributed by atoms with Gasteiger partial charge in [0.15, 0.2) is 24.0 Å². The molecule has 0 aliphatic carbocycles. The van der Waals surface area contributed by atoms with Crippen molar-refractivity contribution in [1.29, 1.82) is 0 Å². The summed E-state index contributed by atoms with van der Waals surface area (Å²) in [5, 5.41) is 15.0. The van der Waals surface area contributed by atoms with E-state index in [2.05, 4.69) is 5.21 Å². The number of aliphatic hydroxyl groups is 1. The summed E-state index contributed by atoms with van der Waals surface area (Å²) >= 11 is 0. The number of hydrogen-bond donors (Lipinski definition) is 1. The third kappa shape index (κ3) is 3.87. The Hall–Kier alpha value is -3.93. The summed E-state index contributed by atoms with van der Waals surface area (Å²) in [6.45, 7) is 0.0831. The van der Waals surface area contributed by atoms with Gasteiger partial charge in [-0.05, 0) is 36.4 Å². The zero-order valence-electron chi connectivity index (χ0n) is 15.9. The van der Waals surface area contributed by atoms with Crippen molar-refractivity contribution in [2.75, 3.05) is 7.11 Å². The molecule has 6 nitrogen and oxygen atoms in total. The lowest BCUT2D eigenvalue weighted by Gasteiger charge is -2.01. The second-order valence-electron chi connectivity index (χ2n) is 6.51. The third-order valence-corrected chi connectivity index (χ3v) is 4.63. The van der Waals surface area contributed by atoms with Crippen molar-refractivity contribution in [3.05, 3.63) is 90.0 Å². The van der Waals surface area contributed by atoms with Gasteiger partial charge in [0.2, 0.25) is 11.3 Å². The minimum absolute atomic E-state index is 0.0654. The number of fused-ring (bicyclic) bond motifs is 1. The Labute approximate surface area is 167 Å². The molecular weight excluding hydrogens is 366 g/mol. The number of ketones is 1. The molecule has 0 unspecified atom stereocenters. The second kappa shape index (κ2) is 7.98. The maximum absolute atomic E-state index is 12.7. The highest BCUT2D eigenvalue weighted by Gasteiger charge is 2.20. The van der Waals surface area contributed by atoms with E-state index >= 15 is 0 Å². The average Bonchev–Trinajstić information content (AvgIpc) is 3.11. The Morgan fingerprint density at radius 1 is 1.00 bits per heavy atom. The van der Waals surface area contributed by atoms with Crippen LogP contribution in [0.5, 0.6) is 5.75 Å². The predicted octanol–water partition coefficient (Wildman–Crippen LogP) is 3.73. The van der Waals surface area contributed by atoms with E-state index in [4.69, 9.17) is 4.74 Å². The van der Waals surface area contributed by atoms with Crippen LogP contribution in [0.2, 0.25) is 0 Å². The SMILES string of the molecule is COc1ccc(C(=O)C[n+]2nn(/C=C(\O)c3ccccc3)c3ccccc32)cc1. The van der Waals surface area contributed by atoms with Crippen LogP contribution in [0.15, 0.2) is 78.9 Å². The first-order chi connectivity index (χ1) is 14.2. The second-order valence-corrected chi connectivity index (χ2v) is 6.51. The average molecular weight is 386 g/mol. The van der Waals surface area contributed by atoms with Crippen LogP contribution in [0.4, 0.5) is 0 Å². The molecule has 3 aromatic carbocycles. The van der Waals surface area contributed by atoms with E-state index in [1.165, 1.54) is 0 Å². The molecule has 144 valence electrons. The van der Waals surface area contributed by atoms with Gasteiger partial charge in [-0.15, -0.1) is 4.68 Å². The summed E-state index contributed by atoms with van der Waals surface area (Å²) in [4.78, 5) is 12.7. The van der Waals surface area contributed by atoms with Gasteiger partial charge in [-0.1, -0.05) is 47.1 Å². The summed E-state index contributed by atoms with van der Waals surface area (Å²) in [6.07, 6.45) is 1.55. The number of carbonyl (C=O) groups excluding carboxylic acids is 1. The van der Waals surface area contributed by atoms with Crippen LogP contribution in [0.3, 0.4) is 0 Å². The standard InChI is InChI=1S/C23H19N3O3/c1-29-19-13-11-18(12-14-19)23(28)16-26-21-10-6-5-9-20(21)25(24-26)15-22(27)17-7-3-2-4-8-17/h2-15H,16H2,1H3/p+1. The van der Waals surface area contributed by atoms with E-state index in [0.717, 1.165) is 11.0 Å². The van der Waals surface area contributed by atoms with Gasteiger partial charge in [-0.2, -0.15) is 0 Å². The molecule has 0 aliphatic rings. The topological polar surface area (TPSA) is 68.2 Å². The molecule has 0 saturated carbocycles. The number of benzene rings is 3. The van der Waals surface area contributed by atoms with Gasteiger partial charge >= 0.3 is 0 Å². The monoisotopic (exact) mass is 386 g/mol. The van der Waals surface area contributed by atoms with E-state index in [9.17, 15) is 9.90 Å². The summed E-state index contributed by atoms with van der Waals surface area (Å²) < 4.78 is 8.36. The highest BCUT2D eigenvalue weighted by Crippen LogP contribution is 2.16. The zero-order valence-corrected chi connectivity index (χ0v) is 15.9. The maximum Gasteiger partial charge on any atom is 0.206 e. The molecule has 1 aromatic heterocycles. The van der Waals surface area contributed by atoms with Crippen LogP contribution >= 0.6 is 0 Å². The number of ether oxygens (including phenoxy) is 1. The van der Waals surface area contributed by atoms with E-state index in [-0.39, 0.29) is 18.1 Å². The maximum atomic E-state index is 12.7. The molecule has 29 heavy (non-hydrogen) atoms. The smallest absolute Gasteiger partial charge is 0.206 e. The molecule has 4 rings (SSSR count). The Morgan fingerprint density at radius 2 is 1.69 bits per heavy atom. The Morgan fingerprint density at radius 3 is 2.41 bits per heavy atom. The van der Waals surface area contributed by atoms with Crippen LogP contribution in [0.1, 0.15) is 15.9 Å². The molecule has 0 radical (unpaired) electrons. The highest BCUT2D eigenvalue weighted by molar-refractivity contribution is 5.95. The van der Waals surface area contributed by atoms with Crippen LogP contribution in [-0.2, 0) is 6.54 Å². The molecule has 4 aromatic rings. The van der Waals surface area contributed by atoms with E-state index in [1.807, 2.05) is 54.6 Å². The van der Waals surface area contributed by atoms with Gasteiger partial charge in [0, 0.05) is 11.1 Å². The largest absolute Gasteiger partial charge is 0.504 e. The molecule has 1 N–H and O–H groups in total. The summed E-state index contributed by atoms with van der Waals surface area (Å²) in [7, 11) is 1.59. The number of aromatic nitrogens is 3. The summed E-state index contributed by atoms with van der Waals surface area (Å²) in [5.74, 6) is 0.724. The van der Waals surface area contributed by atoms with E-state index in [1.54, 1.807) is 46.9 Å². The molecule has 0 aliphatic heterocycles. The number of methoxy groups -OCH3 is 1. The quantitative estimate of drug-likeness (QED) is 0.311. The highest BCUT2D eigenvalue weighted by atomic mass is 16.5. The Kier molecular flexibility index (Phi) is 5.07. The molecule has 0 fully saturated rings. The van der Waals surface area contributed by atoms with Crippen LogP contribution in [-0.4, -0.2) is 27.9 Å². The number of aliphatic hydroxyl groups excluding tert-OH is 1. The van der Waals surface area contributed by atoms with Crippen molar-refractivity contribution < 1.29 is 19.3 Å². The Balaban J connectivity index is 1.68.